The van der Waals surface area contributed by atoms with Crippen LogP contribution in [0.5, 0.6) is 11.6 Å². The molecule has 0 unspecified atom stereocenters. The smallest absolute Gasteiger partial charge is 0.343 e. The average molecular weight is 272 g/mol. The summed E-state index contributed by atoms with van der Waals surface area (Å²) in [6.07, 6.45) is 1.56. The predicted molar refractivity (Wildman–Crippen MR) is 75.9 cm³/mol. The normalized spacial score (nSPS) is 10.1. The number of benzene rings is 1. The van der Waals surface area contributed by atoms with Gasteiger partial charge in [-0.2, -0.15) is 0 Å². The van der Waals surface area contributed by atoms with Crippen molar-refractivity contribution in [2.75, 3.05) is 12.3 Å². The number of nitrogens with zero attached hydrogens (tertiary/aromatic N) is 1. The summed E-state index contributed by atoms with van der Waals surface area (Å²) in [5.41, 5.74) is 7.63. The predicted octanol–water partition coefficient (Wildman–Crippen LogP) is 2.94. The van der Waals surface area contributed by atoms with E-state index in [1.54, 1.807) is 43.5 Å². The third-order valence-corrected chi connectivity index (χ3v) is 2.72. The standard InChI is InChI=1S/C15H16N2O3/c1-3-19-15(18)12-5-4-8-17-14(12)20-11-6-7-13(16)10(2)9-11/h4-9H,3,16H2,1-2H3. The van der Waals surface area contributed by atoms with E-state index in [0.717, 1.165) is 5.56 Å². The van der Waals surface area contributed by atoms with E-state index in [-0.39, 0.29) is 5.88 Å². The average Bonchev–Trinajstić information content (AvgIpc) is 2.44. The Morgan fingerprint density at radius 2 is 2.15 bits per heavy atom. The van der Waals surface area contributed by atoms with Gasteiger partial charge in [-0.25, -0.2) is 9.78 Å². The van der Waals surface area contributed by atoms with Gasteiger partial charge < -0.3 is 15.2 Å². The molecule has 0 fully saturated rings. The number of aryl methyl sites for hydroxylation is 1. The van der Waals surface area contributed by atoms with Crippen LogP contribution >= 0.6 is 0 Å². The van der Waals surface area contributed by atoms with Crippen molar-refractivity contribution in [3.05, 3.63) is 47.7 Å². The third kappa shape index (κ3) is 3.06. The zero-order valence-corrected chi connectivity index (χ0v) is 11.4. The highest BCUT2D eigenvalue weighted by Gasteiger charge is 2.15. The van der Waals surface area contributed by atoms with Gasteiger partial charge in [-0.15, -0.1) is 0 Å². The van der Waals surface area contributed by atoms with Crippen LogP contribution in [0, 0.1) is 6.92 Å². The monoisotopic (exact) mass is 272 g/mol. The maximum absolute atomic E-state index is 11.8. The molecule has 0 radical (unpaired) electrons. The van der Waals surface area contributed by atoms with E-state index < -0.39 is 5.97 Å². The van der Waals surface area contributed by atoms with Crippen molar-refractivity contribution in [2.45, 2.75) is 13.8 Å². The first-order valence-electron chi connectivity index (χ1n) is 6.28. The number of hydrogen-bond donors (Lipinski definition) is 1. The maximum atomic E-state index is 11.8. The molecule has 1 aromatic heterocycles. The Kier molecular flexibility index (Phi) is 4.20. The molecule has 2 rings (SSSR count). The number of anilines is 1. The van der Waals surface area contributed by atoms with Crippen LogP contribution in [0.2, 0.25) is 0 Å². The molecule has 2 N–H and O–H groups in total. The summed E-state index contributed by atoms with van der Waals surface area (Å²) < 4.78 is 10.6. The van der Waals surface area contributed by atoms with E-state index in [9.17, 15) is 4.79 Å². The number of esters is 1. The number of carbonyl (C=O) groups excluding carboxylic acids is 1. The minimum atomic E-state index is -0.456. The summed E-state index contributed by atoms with van der Waals surface area (Å²) in [4.78, 5) is 15.9. The second-order valence-corrected chi connectivity index (χ2v) is 4.20. The Balaban J connectivity index is 2.29. The second-order valence-electron chi connectivity index (χ2n) is 4.20. The van der Waals surface area contributed by atoms with Gasteiger partial charge in [0.25, 0.3) is 0 Å². The van der Waals surface area contributed by atoms with Crippen LogP contribution in [-0.4, -0.2) is 17.6 Å². The Hall–Kier alpha value is -2.56. The Morgan fingerprint density at radius 3 is 2.85 bits per heavy atom. The molecule has 0 aliphatic heterocycles. The highest BCUT2D eigenvalue weighted by molar-refractivity contribution is 5.91. The van der Waals surface area contributed by atoms with Crippen LogP contribution in [0.25, 0.3) is 0 Å². The Labute approximate surface area is 117 Å². The first-order chi connectivity index (χ1) is 9.61. The molecule has 0 aliphatic rings. The van der Waals surface area contributed by atoms with Crippen LogP contribution in [0.4, 0.5) is 5.69 Å². The van der Waals surface area contributed by atoms with Gasteiger partial charge in [-0.05, 0) is 49.7 Å². The van der Waals surface area contributed by atoms with Gasteiger partial charge in [0, 0.05) is 11.9 Å². The molecule has 2 aromatic rings. The summed E-state index contributed by atoms with van der Waals surface area (Å²) in [6.45, 7) is 3.93. The van der Waals surface area contributed by atoms with Gasteiger partial charge in [0.2, 0.25) is 5.88 Å². The van der Waals surface area contributed by atoms with Crippen molar-refractivity contribution in [2.24, 2.45) is 0 Å². The summed E-state index contributed by atoms with van der Waals surface area (Å²) in [7, 11) is 0. The first-order valence-corrected chi connectivity index (χ1v) is 6.28. The maximum Gasteiger partial charge on any atom is 0.343 e. The molecule has 1 heterocycles. The van der Waals surface area contributed by atoms with Gasteiger partial charge in [-0.3, -0.25) is 0 Å². The van der Waals surface area contributed by atoms with Crippen LogP contribution in [0.15, 0.2) is 36.5 Å². The second kappa shape index (κ2) is 6.06. The van der Waals surface area contributed by atoms with E-state index in [1.165, 1.54) is 0 Å². The summed E-state index contributed by atoms with van der Waals surface area (Å²) in [5, 5.41) is 0. The zero-order valence-electron chi connectivity index (χ0n) is 11.4. The lowest BCUT2D eigenvalue weighted by Crippen LogP contribution is -2.07. The zero-order chi connectivity index (χ0) is 14.5. The Bertz CT molecular complexity index is 626. The molecular formula is C15H16N2O3. The van der Waals surface area contributed by atoms with Crippen molar-refractivity contribution in [3.63, 3.8) is 0 Å². The SMILES string of the molecule is CCOC(=O)c1cccnc1Oc1ccc(N)c(C)c1. The first kappa shape index (κ1) is 13.9. The quantitative estimate of drug-likeness (QED) is 0.684. The number of aromatic nitrogens is 1. The molecule has 20 heavy (non-hydrogen) atoms. The number of nitrogen functional groups attached to an aromatic ring is 1. The lowest BCUT2D eigenvalue weighted by Gasteiger charge is -2.10. The number of hydrogen-bond acceptors (Lipinski definition) is 5. The summed E-state index contributed by atoms with van der Waals surface area (Å²) >= 11 is 0. The largest absolute Gasteiger partial charge is 0.462 e. The Morgan fingerprint density at radius 1 is 1.35 bits per heavy atom. The molecule has 0 bridgehead atoms. The molecular weight excluding hydrogens is 256 g/mol. The van der Waals surface area contributed by atoms with Gasteiger partial charge in [-0.1, -0.05) is 0 Å². The van der Waals surface area contributed by atoms with Crippen molar-refractivity contribution in [3.8, 4) is 11.6 Å². The van der Waals surface area contributed by atoms with Crippen LogP contribution in [0.3, 0.4) is 0 Å². The van der Waals surface area contributed by atoms with Crippen LogP contribution in [0.1, 0.15) is 22.8 Å². The van der Waals surface area contributed by atoms with Crippen molar-refractivity contribution in [1.82, 2.24) is 4.98 Å². The molecule has 0 saturated carbocycles. The highest BCUT2D eigenvalue weighted by Crippen LogP contribution is 2.26. The van der Waals surface area contributed by atoms with Gasteiger partial charge in [0.15, 0.2) is 0 Å². The summed E-state index contributed by atoms with van der Waals surface area (Å²) in [6, 6.07) is 8.54. The van der Waals surface area contributed by atoms with E-state index in [4.69, 9.17) is 15.2 Å². The fourth-order valence-electron chi connectivity index (χ4n) is 1.66. The van der Waals surface area contributed by atoms with Crippen molar-refractivity contribution < 1.29 is 14.3 Å². The fourth-order valence-corrected chi connectivity index (χ4v) is 1.66. The molecule has 104 valence electrons. The highest BCUT2D eigenvalue weighted by atomic mass is 16.5. The molecule has 0 amide bonds. The number of nitrogens with two attached hydrogens (primary N) is 1. The lowest BCUT2D eigenvalue weighted by atomic mass is 10.2. The number of rotatable bonds is 4. The molecule has 0 saturated heterocycles. The van der Waals surface area contributed by atoms with E-state index >= 15 is 0 Å². The number of pyridine rings is 1. The molecule has 5 heteroatoms. The van der Waals surface area contributed by atoms with E-state index in [1.807, 2.05) is 6.92 Å². The molecule has 0 spiro atoms. The van der Waals surface area contributed by atoms with E-state index in [2.05, 4.69) is 4.98 Å². The molecule has 1 aromatic carbocycles. The molecule has 0 atom stereocenters. The minimum Gasteiger partial charge on any atom is -0.462 e. The number of ether oxygens (including phenoxy) is 2. The minimum absolute atomic E-state index is 0.218. The lowest BCUT2D eigenvalue weighted by molar-refractivity contribution is 0.0522. The van der Waals surface area contributed by atoms with Crippen molar-refractivity contribution >= 4 is 11.7 Å². The van der Waals surface area contributed by atoms with Crippen LogP contribution in [-0.2, 0) is 4.74 Å². The van der Waals surface area contributed by atoms with Crippen LogP contribution < -0.4 is 10.5 Å². The van der Waals surface area contributed by atoms with Crippen molar-refractivity contribution in [1.29, 1.82) is 0 Å². The van der Waals surface area contributed by atoms with Gasteiger partial charge in [0.05, 0.1) is 6.61 Å². The van der Waals surface area contributed by atoms with E-state index in [0.29, 0.717) is 23.6 Å². The topological polar surface area (TPSA) is 74.4 Å². The van der Waals surface area contributed by atoms with Gasteiger partial charge in [0.1, 0.15) is 11.3 Å². The molecule has 5 nitrogen and oxygen atoms in total. The third-order valence-electron chi connectivity index (χ3n) is 2.72. The molecule has 0 aliphatic carbocycles. The number of carbonyl (C=O) groups is 1. The van der Waals surface area contributed by atoms with Gasteiger partial charge >= 0.3 is 5.97 Å². The summed E-state index contributed by atoms with van der Waals surface area (Å²) in [5.74, 6) is 0.332. The fraction of sp³-hybridized carbons (Fsp3) is 0.200.